The number of amides is 1. The number of carbonyl (C=O) groups is 1. The van der Waals surface area contributed by atoms with Crippen molar-refractivity contribution >= 4 is 12.1 Å². The summed E-state index contributed by atoms with van der Waals surface area (Å²) < 4.78 is 0. The number of nitrogens with zero attached hydrogens (tertiary/aromatic N) is 1. The summed E-state index contributed by atoms with van der Waals surface area (Å²) in [6.45, 7) is 1.44. The van der Waals surface area contributed by atoms with Crippen molar-refractivity contribution in [1.29, 1.82) is 0 Å². The molecule has 1 amide bonds. The zero-order chi connectivity index (χ0) is 10.2. The highest BCUT2D eigenvalue weighted by molar-refractivity contribution is 5.73. The van der Waals surface area contributed by atoms with E-state index >= 15 is 0 Å². The van der Waals surface area contributed by atoms with Gasteiger partial charge in [0.25, 0.3) is 0 Å². The van der Waals surface area contributed by atoms with Crippen LogP contribution in [-0.4, -0.2) is 12.1 Å². The van der Waals surface area contributed by atoms with Crippen LogP contribution in [0.3, 0.4) is 0 Å². The molecule has 1 N–H and O–H groups in total. The summed E-state index contributed by atoms with van der Waals surface area (Å²) in [6.07, 6.45) is 3.50. The number of hydrogen-bond donors (Lipinski definition) is 1. The fourth-order valence-corrected chi connectivity index (χ4v) is 1.08. The van der Waals surface area contributed by atoms with E-state index in [0.717, 1.165) is 12.8 Å². The lowest BCUT2D eigenvalue weighted by molar-refractivity contribution is -0.118. The van der Waals surface area contributed by atoms with Gasteiger partial charge < -0.3 is 0 Å². The van der Waals surface area contributed by atoms with Crippen molar-refractivity contribution < 1.29 is 4.79 Å². The molecule has 0 aliphatic rings. The Morgan fingerprint density at radius 3 is 2.79 bits per heavy atom. The lowest BCUT2D eigenvalue weighted by Gasteiger charge is -1.96. The molecule has 0 aliphatic heterocycles. The van der Waals surface area contributed by atoms with E-state index in [2.05, 4.69) is 22.7 Å². The SMILES string of the molecule is CC(=O)N/N=C\CCc1ccccc1. The summed E-state index contributed by atoms with van der Waals surface area (Å²) >= 11 is 0. The van der Waals surface area contributed by atoms with Crippen LogP contribution < -0.4 is 5.43 Å². The number of hydrogen-bond acceptors (Lipinski definition) is 2. The lowest BCUT2D eigenvalue weighted by atomic mass is 10.1. The quantitative estimate of drug-likeness (QED) is 0.570. The summed E-state index contributed by atoms with van der Waals surface area (Å²) in [6, 6.07) is 10.2. The van der Waals surface area contributed by atoms with Crippen LogP contribution in [0.15, 0.2) is 35.4 Å². The molecule has 0 radical (unpaired) electrons. The Morgan fingerprint density at radius 2 is 2.14 bits per heavy atom. The predicted octanol–water partition coefficient (Wildman–Crippen LogP) is 1.74. The Balaban J connectivity index is 2.22. The van der Waals surface area contributed by atoms with Gasteiger partial charge >= 0.3 is 0 Å². The first-order valence-corrected chi connectivity index (χ1v) is 4.61. The summed E-state index contributed by atoms with van der Waals surface area (Å²) in [7, 11) is 0. The number of hydrazone groups is 1. The molecule has 0 atom stereocenters. The molecular weight excluding hydrogens is 176 g/mol. The number of aryl methyl sites for hydroxylation is 1. The van der Waals surface area contributed by atoms with Crippen LogP contribution in [0.5, 0.6) is 0 Å². The van der Waals surface area contributed by atoms with Crippen LogP contribution in [-0.2, 0) is 11.2 Å². The molecule has 0 saturated heterocycles. The van der Waals surface area contributed by atoms with Gasteiger partial charge in [-0.25, -0.2) is 5.43 Å². The largest absolute Gasteiger partial charge is 0.274 e. The molecule has 0 aromatic heterocycles. The van der Waals surface area contributed by atoms with Gasteiger partial charge in [0.05, 0.1) is 0 Å². The zero-order valence-corrected chi connectivity index (χ0v) is 8.23. The highest BCUT2D eigenvalue weighted by atomic mass is 16.2. The van der Waals surface area contributed by atoms with Crippen molar-refractivity contribution in [2.75, 3.05) is 0 Å². The number of carbonyl (C=O) groups excluding carboxylic acids is 1. The van der Waals surface area contributed by atoms with Gasteiger partial charge in [-0.2, -0.15) is 5.10 Å². The van der Waals surface area contributed by atoms with E-state index in [1.807, 2.05) is 18.2 Å². The minimum atomic E-state index is -0.138. The van der Waals surface area contributed by atoms with Gasteiger partial charge in [-0.15, -0.1) is 0 Å². The fraction of sp³-hybridized carbons (Fsp3) is 0.273. The Kier molecular flexibility index (Phi) is 4.41. The van der Waals surface area contributed by atoms with Crippen LogP contribution in [0, 0.1) is 0 Å². The van der Waals surface area contributed by atoms with Crippen molar-refractivity contribution in [3.05, 3.63) is 35.9 Å². The van der Waals surface area contributed by atoms with Crippen LogP contribution >= 0.6 is 0 Å². The van der Waals surface area contributed by atoms with E-state index in [9.17, 15) is 4.79 Å². The highest BCUT2D eigenvalue weighted by Gasteiger charge is 1.88. The second kappa shape index (κ2) is 5.91. The Morgan fingerprint density at radius 1 is 1.43 bits per heavy atom. The summed E-state index contributed by atoms with van der Waals surface area (Å²) in [4.78, 5) is 10.5. The molecule has 0 unspecified atom stereocenters. The van der Waals surface area contributed by atoms with Gasteiger partial charge in [-0.05, 0) is 18.4 Å². The van der Waals surface area contributed by atoms with Gasteiger partial charge in [0.2, 0.25) is 5.91 Å². The van der Waals surface area contributed by atoms with E-state index in [1.54, 1.807) is 6.21 Å². The molecule has 74 valence electrons. The maximum Gasteiger partial charge on any atom is 0.236 e. The van der Waals surface area contributed by atoms with Crippen LogP contribution in [0.1, 0.15) is 18.9 Å². The fourth-order valence-electron chi connectivity index (χ4n) is 1.08. The van der Waals surface area contributed by atoms with Gasteiger partial charge in [0.1, 0.15) is 0 Å². The Hall–Kier alpha value is -1.64. The van der Waals surface area contributed by atoms with E-state index in [1.165, 1.54) is 12.5 Å². The molecule has 1 aromatic carbocycles. The van der Waals surface area contributed by atoms with Crippen molar-refractivity contribution in [3.63, 3.8) is 0 Å². The second-order valence-corrected chi connectivity index (χ2v) is 3.00. The van der Waals surface area contributed by atoms with E-state index < -0.39 is 0 Å². The normalized spacial score (nSPS) is 10.4. The third-order valence-electron chi connectivity index (χ3n) is 1.72. The van der Waals surface area contributed by atoms with Crippen molar-refractivity contribution in [3.8, 4) is 0 Å². The molecule has 0 heterocycles. The standard InChI is InChI=1S/C11H14N2O/c1-10(14)13-12-9-5-8-11-6-3-2-4-7-11/h2-4,6-7,9H,5,8H2,1H3,(H,13,14)/b12-9-. The van der Waals surface area contributed by atoms with Crippen LogP contribution in [0.4, 0.5) is 0 Å². The molecule has 0 fully saturated rings. The summed E-state index contributed by atoms with van der Waals surface area (Å²) in [5, 5.41) is 3.76. The molecule has 3 nitrogen and oxygen atoms in total. The number of nitrogens with one attached hydrogen (secondary N) is 1. The molecule has 0 saturated carbocycles. The minimum absolute atomic E-state index is 0.138. The monoisotopic (exact) mass is 190 g/mol. The molecule has 0 aliphatic carbocycles. The molecule has 1 rings (SSSR count). The summed E-state index contributed by atoms with van der Waals surface area (Å²) in [5.41, 5.74) is 3.64. The molecule has 0 bridgehead atoms. The van der Waals surface area contributed by atoms with Crippen molar-refractivity contribution in [2.45, 2.75) is 19.8 Å². The molecular formula is C11H14N2O. The molecule has 3 heteroatoms. The average molecular weight is 190 g/mol. The van der Waals surface area contributed by atoms with Gasteiger partial charge in [-0.3, -0.25) is 4.79 Å². The Labute approximate surface area is 83.8 Å². The molecule has 1 aromatic rings. The van der Waals surface area contributed by atoms with Gasteiger partial charge in [-0.1, -0.05) is 30.3 Å². The highest BCUT2D eigenvalue weighted by Crippen LogP contribution is 2.00. The Bertz CT molecular complexity index is 306. The zero-order valence-electron chi connectivity index (χ0n) is 8.23. The molecule has 14 heavy (non-hydrogen) atoms. The van der Waals surface area contributed by atoms with Crippen LogP contribution in [0.2, 0.25) is 0 Å². The third kappa shape index (κ3) is 4.40. The van der Waals surface area contributed by atoms with Gasteiger partial charge in [0, 0.05) is 13.1 Å². The summed E-state index contributed by atoms with van der Waals surface area (Å²) in [5.74, 6) is -0.138. The van der Waals surface area contributed by atoms with Crippen molar-refractivity contribution in [1.82, 2.24) is 5.43 Å². The maximum absolute atomic E-state index is 10.5. The number of rotatable bonds is 4. The number of benzene rings is 1. The van der Waals surface area contributed by atoms with E-state index in [0.29, 0.717) is 0 Å². The van der Waals surface area contributed by atoms with Crippen LogP contribution in [0.25, 0.3) is 0 Å². The first kappa shape index (κ1) is 10.4. The first-order valence-electron chi connectivity index (χ1n) is 4.61. The second-order valence-electron chi connectivity index (χ2n) is 3.00. The van der Waals surface area contributed by atoms with E-state index in [-0.39, 0.29) is 5.91 Å². The predicted molar refractivity (Wildman–Crippen MR) is 57.1 cm³/mol. The molecule has 0 spiro atoms. The average Bonchev–Trinajstić information content (AvgIpc) is 2.18. The first-order chi connectivity index (χ1) is 6.79. The topological polar surface area (TPSA) is 41.5 Å². The third-order valence-corrected chi connectivity index (χ3v) is 1.72. The maximum atomic E-state index is 10.5. The smallest absolute Gasteiger partial charge is 0.236 e. The van der Waals surface area contributed by atoms with Gasteiger partial charge in [0.15, 0.2) is 0 Å². The lowest BCUT2D eigenvalue weighted by Crippen LogP contribution is -2.12. The van der Waals surface area contributed by atoms with Crippen molar-refractivity contribution in [2.24, 2.45) is 5.10 Å². The minimum Gasteiger partial charge on any atom is -0.274 e. The van der Waals surface area contributed by atoms with E-state index in [4.69, 9.17) is 0 Å².